The van der Waals surface area contributed by atoms with Crippen LogP contribution in [0.5, 0.6) is 0 Å². The summed E-state index contributed by atoms with van der Waals surface area (Å²) in [7, 11) is 0. The Morgan fingerprint density at radius 3 is 2.57 bits per heavy atom. The monoisotopic (exact) mass is 393 g/mol. The summed E-state index contributed by atoms with van der Waals surface area (Å²) in [4.78, 5) is 12.9. The van der Waals surface area contributed by atoms with E-state index < -0.39 is 5.41 Å². The van der Waals surface area contributed by atoms with Crippen LogP contribution < -0.4 is 16.2 Å². The predicted molar refractivity (Wildman–Crippen MR) is 96.8 cm³/mol. The molecule has 1 aromatic rings. The number of nitrogens with one attached hydrogen (secondary N) is 3. The first-order valence-corrected chi connectivity index (χ1v) is 9.35. The lowest BCUT2D eigenvalue weighted by molar-refractivity contribution is -0.133. The third-order valence-electron chi connectivity index (χ3n) is 5.32. The number of hydrazine groups is 1. The number of thiocarbonyl (C=S) groups is 1. The van der Waals surface area contributed by atoms with Crippen LogP contribution in [0.4, 0.5) is 0 Å². The number of hydrogen-bond donors (Lipinski definition) is 3. The van der Waals surface area contributed by atoms with Gasteiger partial charge >= 0.3 is 0 Å². The van der Waals surface area contributed by atoms with Crippen LogP contribution >= 0.6 is 28.1 Å². The summed E-state index contributed by atoms with van der Waals surface area (Å²) in [5, 5.41) is 3.68. The van der Waals surface area contributed by atoms with Crippen molar-refractivity contribution in [3.63, 3.8) is 0 Å². The minimum atomic E-state index is -0.428. The van der Waals surface area contributed by atoms with Crippen molar-refractivity contribution in [3.8, 4) is 0 Å². The zero-order chi connectivity index (χ0) is 16.1. The average molecular weight is 394 g/mol. The van der Waals surface area contributed by atoms with Gasteiger partial charge in [0.25, 0.3) is 0 Å². The molecular weight excluding hydrogens is 374 g/mol. The van der Waals surface area contributed by atoms with Crippen LogP contribution in [-0.2, 0) is 10.2 Å². The molecule has 0 saturated heterocycles. The van der Waals surface area contributed by atoms with Gasteiger partial charge in [0.2, 0.25) is 5.91 Å². The third-order valence-corrected chi connectivity index (χ3v) is 6.04. The summed E-state index contributed by atoms with van der Waals surface area (Å²) in [5.74, 6) is 0.0214. The van der Waals surface area contributed by atoms with Crippen molar-refractivity contribution >= 4 is 39.2 Å². The maximum Gasteiger partial charge on any atom is 0.249 e. The topological polar surface area (TPSA) is 53.2 Å². The molecule has 1 amide bonds. The Hall–Kier alpha value is -1.14. The molecule has 1 spiro atoms. The van der Waals surface area contributed by atoms with Crippen molar-refractivity contribution < 1.29 is 4.79 Å². The Labute approximate surface area is 149 Å². The summed E-state index contributed by atoms with van der Waals surface area (Å²) < 4.78 is 1.01. The molecule has 0 heterocycles. The van der Waals surface area contributed by atoms with Gasteiger partial charge in [0.15, 0.2) is 5.11 Å². The van der Waals surface area contributed by atoms with E-state index in [1.807, 2.05) is 12.1 Å². The predicted octanol–water partition coefficient (Wildman–Crippen LogP) is 2.92. The minimum absolute atomic E-state index is 0.0214. The molecule has 3 N–H and O–H groups in total. The fourth-order valence-corrected chi connectivity index (χ4v) is 4.34. The van der Waals surface area contributed by atoms with Gasteiger partial charge in [0.1, 0.15) is 0 Å². The lowest BCUT2D eigenvalue weighted by atomic mass is 9.56. The van der Waals surface area contributed by atoms with Gasteiger partial charge in [0, 0.05) is 10.5 Å². The summed E-state index contributed by atoms with van der Waals surface area (Å²) in [6.45, 7) is 0. The maximum absolute atomic E-state index is 12.9. The van der Waals surface area contributed by atoms with Crippen molar-refractivity contribution in [3.05, 3.63) is 34.3 Å². The molecule has 0 unspecified atom stereocenters. The molecule has 4 rings (SSSR count). The Kier molecular flexibility index (Phi) is 3.65. The van der Waals surface area contributed by atoms with Crippen molar-refractivity contribution in [2.45, 2.75) is 50.0 Å². The van der Waals surface area contributed by atoms with E-state index >= 15 is 0 Å². The third kappa shape index (κ3) is 2.98. The van der Waals surface area contributed by atoms with E-state index in [0.29, 0.717) is 16.6 Å². The van der Waals surface area contributed by atoms with Crippen molar-refractivity contribution in [2.24, 2.45) is 5.41 Å². The van der Waals surface area contributed by atoms with Gasteiger partial charge in [-0.2, -0.15) is 0 Å². The molecule has 0 atom stereocenters. The molecular formula is C17H20BrN3OS. The second kappa shape index (κ2) is 5.45. The van der Waals surface area contributed by atoms with Crippen molar-refractivity contribution in [2.75, 3.05) is 0 Å². The van der Waals surface area contributed by atoms with Crippen molar-refractivity contribution in [1.29, 1.82) is 0 Å². The highest BCUT2D eigenvalue weighted by molar-refractivity contribution is 9.10. The summed E-state index contributed by atoms with van der Waals surface area (Å²) in [5.41, 5.74) is 6.79. The number of benzene rings is 1. The number of amides is 1. The van der Waals surface area contributed by atoms with E-state index in [2.05, 4.69) is 44.2 Å². The van der Waals surface area contributed by atoms with Gasteiger partial charge in [-0.15, -0.1) is 0 Å². The average Bonchev–Trinajstić information content (AvgIpc) is 3.37. The molecule has 0 bridgehead atoms. The fraction of sp³-hybridized carbons (Fsp3) is 0.529. The molecule has 3 saturated carbocycles. The van der Waals surface area contributed by atoms with E-state index in [1.165, 1.54) is 12.8 Å². The van der Waals surface area contributed by atoms with E-state index in [-0.39, 0.29) is 5.91 Å². The Morgan fingerprint density at radius 2 is 1.96 bits per heavy atom. The first-order chi connectivity index (χ1) is 11.0. The Balaban J connectivity index is 1.47. The molecule has 0 aromatic heterocycles. The zero-order valence-electron chi connectivity index (χ0n) is 12.8. The number of halogens is 1. The highest BCUT2D eigenvalue weighted by Gasteiger charge is 2.64. The highest BCUT2D eigenvalue weighted by Crippen LogP contribution is 2.69. The SMILES string of the molecule is O=C(NNC(=S)NC1CC1)C1(c2cccc(Br)c2)CC2(CC2)C1. The summed E-state index contributed by atoms with van der Waals surface area (Å²) in [6.07, 6.45) is 6.69. The van der Waals surface area contributed by atoms with Gasteiger partial charge in [-0.3, -0.25) is 15.6 Å². The van der Waals surface area contributed by atoms with Gasteiger partial charge in [0.05, 0.1) is 5.41 Å². The lowest BCUT2D eigenvalue weighted by Crippen LogP contribution is -2.59. The molecule has 1 aromatic carbocycles. The molecule has 3 aliphatic carbocycles. The molecule has 0 aliphatic heterocycles. The molecule has 0 radical (unpaired) electrons. The van der Waals surface area contributed by atoms with Gasteiger partial charge in [-0.1, -0.05) is 28.1 Å². The Bertz CT molecular complexity index is 662. The number of rotatable bonds is 3. The zero-order valence-corrected chi connectivity index (χ0v) is 15.2. The van der Waals surface area contributed by atoms with Gasteiger partial charge in [-0.25, -0.2) is 0 Å². The highest BCUT2D eigenvalue weighted by atomic mass is 79.9. The first kappa shape index (κ1) is 15.4. The summed E-state index contributed by atoms with van der Waals surface area (Å²) >= 11 is 8.74. The minimum Gasteiger partial charge on any atom is -0.359 e. The molecule has 6 heteroatoms. The number of carbonyl (C=O) groups excluding carboxylic acids is 1. The second-order valence-electron chi connectivity index (χ2n) is 7.27. The van der Waals surface area contributed by atoms with Crippen LogP contribution in [0.1, 0.15) is 44.1 Å². The quantitative estimate of drug-likeness (QED) is 0.545. The molecule has 122 valence electrons. The normalized spacial score (nSPS) is 22.8. The van der Waals surface area contributed by atoms with Crippen LogP contribution in [0.25, 0.3) is 0 Å². The van der Waals surface area contributed by atoms with E-state index in [9.17, 15) is 4.79 Å². The second-order valence-corrected chi connectivity index (χ2v) is 8.60. The van der Waals surface area contributed by atoms with Crippen LogP contribution in [-0.4, -0.2) is 17.1 Å². The standard InChI is InChI=1S/C17H20BrN3OS/c18-12-3-1-2-11(8-12)17(9-16(10-17)6-7-16)14(22)20-21-15(23)19-13-4-5-13/h1-3,8,13H,4-7,9-10H2,(H,20,22)(H2,19,21,23). The lowest BCUT2D eigenvalue weighted by Gasteiger charge is -2.47. The number of carbonyl (C=O) groups is 1. The van der Waals surface area contributed by atoms with E-state index in [0.717, 1.165) is 35.7 Å². The van der Waals surface area contributed by atoms with Crippen LogP contribution in [0, 0.1) is 5.41 Å². The van der Waals surface area contributed by atoms with Gasteiger partial charge < -0.3 is 5.32 Å². The van der Waals surface area contributed by atoms with Crippen LogP contribution in [0.3, 0.4) is 0 Å². The van der Waals surface area contributed by atoms with Gasteiger partial charge in [-0.05, 0) is 73.9 Å². The van der Waals surface area contributed by atoms with Crippen LogP contribution in [0.2, 0.25) is 0 Å². The largest absolute Gasteiger partial charge is 0.359 e. The Morgan fingerprint density at radius 1 is 1.22 bits per heavy atom. The van der Waals surface area contributed by atoms with Crippen LogP contribution in [0.15, 0.2) is 28.7 Å². The van der Waals surface area contributed by atoms with Crippen molar-refractivity contribution in [1.82, 2.24) is 16.2 Å². The maximum atomic E-state index is 12.9. The summed E-state index contributed by atoms with van der Waals surface area (Å²) in [6, 6.07) is 8.59. The molecule has 4 nitrogen and oxygen atoms in total. The fourth-order valence-electron chi connectivity index (χ4n) is 3.72. The first-order valence-electron chi connectivity index (χ1n) is 8.15. The smallest absolute Gasteiger partial charge is 0.249 e. The molecule has 3 aliphatic rings. The number of hydrogen-bond acceptors (Lipinski definition) is 2. The molecule has 23 heavy (non-hydrogen) atoms. The molecule has 3 fully saturated rings. The van der Waals surface area contributed by atoms with E-state index in [4.69, 9.17) is 12.2 Å². The van der Waals surface area contributed by atoms with E-state index in [1.54, 1.807) is 0 Å².